The largest absolute Gasteiger partial charge is 0.382 e. The van der Waals surface area contributed by atoms with E-state index < -0.39 is 9.84 Å². The Morgan fingerprint density at radius 1 is 1.00 bits per heavy atom. The molecule has 0 saturated heterocycles. The summed E-state index contributed by atoms with van der Waals surface area (Å²) in [7, 11) is -3.24. The molecule has 0 atom stereocenters. The molecule has 2 aliphatic rings. The van der Waals surface area contributed by atoms with Crippen molar-refractivity contribution < 1.29 is 8.42 Å². The van der Waals surface area contributed by atoms with Crippen molar-refractivity contribution in [3.63, 3.8) is 0 Å². The van der Waals surface area contributed by atoms with Crippen molar-refractivity contribution in [3.8, 4) is 11.1 Å². The van der Waals surface area contributed by atoms with Gasteiger partial charge < -0.3 is 5.32 Å². The van der Waals surface area contributed by atoms with Gasteiger partial charge >= 0.3 is 0 Å². The van der Waals surface area contributed by atoms with Gasteiger partial charge in [0.25, 0.3) is 0 Å². The highest BCUT2D eigenvalue weighted by Crippen LogP contribution is 2.30. The predicted octanol–water partition coefficient (Wildman–Crippen LogP) is 2.22. The molecule has 0 amide bonds. The second-order valence-electron chi connectivity index (χ2n) is 5.86. The zero-order valence-corrected chi connectivity index (χ0v) is 13.0. The van der Waals surface area contributed by atoms with Gasteiger partial charge in [-0.05, 0) is 43.4 Å². The maximum absolute atomic E-state index is 12.0. The number of hydrogen-bond acceptors (Lipinski definition) is 5. The van der Waals surface area contributed by atoms with Gasteiger partial charge in [-0.3, -0.25) is 4.98 Å². The third kappa shape index (κ3) is 2.27. The number of nitrogens with one attached hydrogen (secondary N) is 1. The van der Waals surface area contributed by atoms with Crippen molar-refractivity contribution in [3.05, 3.63) is 35.8 Å². The molecule has 114 valence electrons. The smallest absolute Gasteiger partial charge is 0.199 e. The molecule has 0 fully saturated rings. The second-order valence-corrected chi connectivity index (χ2v) is 7.88. The van der Waals surface area contributed by atoms with E-state index in [1.807, 2.05) is 12.3 Å². The molecular weight excluding hydrogens is 298 g/mol. The first-order valence-corrected chi connectivity index (χ1v) is 9.23. The molecule has 0 spiro atoms. The third-order valence-corrected chi connectivity index (χ3v) is 5.99. The third-order valence-electron chi connectivity index (χ3n) is 4.33. The first-order chi connectivity index (χ1) is 10.6. The summed E-state index contributed by atoms with van der Waals surface area (Å²) in [6, 6.07) is 4.04. The molecular formula is C16H17N3O2S. The van der Waals surface area contributed by atoms with Crippen LogP contribution in [0.15, 0.2) is 29.6 Å². The topological polar surface area (TPSA) is 72.0 Å². The summed E-state index contributed by atoms with van der Waals surface area (Å²) in [6.45, 7) is 0.433. The van der Waals surface area contributed by atoms with Crippen LogP contribution in [0.25, 0.3) is 11.1 Å². The fraction of sp³-hybridized carbons (Fsp3) is 0.375. The van der Waals surface area contributed by atoms with Crippen LogP contribution in [0, 0.1) is 0 Å². The molecule has 5 nitrogen and oxygen atoms in total. The number of aromatic nitrogens is 2. The lowest BCUT2D eigenvalue weighted by Crippen LogP contribution is -2.24. The van der Waals surface area contributed by atoms with Gasteiger partial charge in [0.2, 0.25) is 0 Å². The average molecular weight is 315 g/mol. The molecule has 0 bridgehead atoms. The number of hydrogen-bond donors (Lipinski definition) is 1. The molecule has 1 aliphatic carbocycles. The second kappa shape index (κ2) is 5.05. The number of fused-ring (bicyclic) bond motifs is 2. The van der Waals surface area contributed by atoms with E-state index in [0.29, 0.717) is 12.2 Å². The Labute approximate surface area is 129 Å². The quantitative estimate of drug-likeness (QED) is 0.873. The number of sulfone groups is 1. The average Bonchev–Trinajstić information content (AvgIpc) is 2.54. The van der Waals surface area contributed by atoms with E-state index in [0.717, 1.165) is 24.0 Å². The Hall–Kier alpha value is -1.95. The minimum absolute atomic E-state index is 0.104. The van der Waals surface area contributed by atoms with Gasteiger partial charge in [0.15, 0.2) is 14.9 Å². The zero-order valence-electron chi connectivity index (χ0n) is 12.2. The molecule has 0 radical (unpaired) electrons. The zero-order chi connectivity index (χ0) is 15.2. The van der Waals surface area contributed by atoms with Crippen LogP contribution in [0.2, 0.25) is 0 Å². The van der Waals surface area contributed by atoms with E-state index in [1.165, 1.54) is 24.1 Å². The minimum Gasteiger partial charge on any atom is -0.382 e. The summed E-state index contributed by atoms with van der Waals surface area (Å²) in [5, 5.41) is 3.29. The van der Waals surface area contributed by atoms with E-state index in [4.69, 9.17) is 0 Å². The van der Waals surface area contributed by atoms with Crippen LogP contribution in [0.4, 0.5) is 5.69 Å². The Balaban J connectivity index is 1.78. The predicted molar refractivity (Wildman–Crippen MR) is 84.7 cm³/mol. The normalized spacial score (nSPS) is 18.9. The van der Waals surface area contributed by atoms with Gasteiger partial charge in [-0.1, -0.05) is 0 Å². The molecule has 4 rings (SSSR count). The number of pyridine rings is 2. The summed E-state index contributed by atoms with van der Waals surface area (Å²) in [5.41, 5.74) is 5.01. The molecule has 1 aliphatic heterocycles. The standard InChI is InChI=1S/C16H17N3O2S/c20-22(21)6-5-17-15-8-13(10-19-16(15)22)12-7-11-3-1-2-4-14(11)18-9-12/h7-10,17H,1-6H2. The van der Waals surface area contributed by atoms with Crippen LogP contribution < -0.4 is 5.32 Å². The fourth-order valence-electron chi connectivity index (χ4n) is 3.15. The van der Waals surface area contributed by atoms with Crippen molar-refractivity contribution in [2.75, 3.05) is 17.6 Å². The van der Waals surface area contributed by atoms with E-state index >= 15 is 0 Å². The Morgan fingerprint density at radius 3 is 2.68 bits per heavy atom. The molecule has 6 heteroatoms. The van der Waals surface area contributed by atoms with Gasteiger partial charge in [0, 0.05) is 35.8 Å². The van der Waals surface area contributed by atoms with Crippen LogP contribution in [-0.4, -0.2) is 30.7 Å². The molecule has 1 N–H and O–H groups in total. The minimum atomic E-state index is -3.24. The first-order valence-electron chi connectivity index (χ1n) is 7.58. The summed E-state index contributed by atoms with van der Waals surface area (Å²) in [4.78, 5) is 8.75. The van der Waals surface area contributed by atoms with E-state index in [-0.39, 0.29) is 10.8 Å². The van der Waals surface area contributed by atoms with Crippen LogP contribution in [0.3, 0.4) is 0 Å². The van der Waals surface area contributed by atoms with Gasteiger partial charge in [-0.2, -0.15) is 0 Å². The molecule has 2 aromatic heterocycles. The summed E-state index contributed by atoms with van der Waals surface area (Å²) < 4.78 is 24.0. The Morgan fingerprint density at radius 2 is 1.77 bits per heavy atom. The Bertz CT molecular complexity index is 846. The van der Waals surface area contributed by atoms with Crippen molar-refractivity contribution >= 4 is 15.5 Å². The molecule has 0 aromatic carbocycles. The van der Waals surface area contributed by atoms with Crippen molar-refractivity contribution in [2.24, 2.45) is 0 Å². The van der Waals surface area contributed by atoms with Crippen molar-refractivity contribution in [2.45, 2.75) is 30.7 Å². The highest BCUT2D eigenvalue weighted by molar-refractivity contribution is 7.91. The van der Waals surface area contributed by atoms with Crippen molar-refractivity contribution in [1.29, 1.82) is 0 Å². The molecule has 0 unspecified atom stereocenters. The van der Waals surface area contributed by atoms with Gasteiger partial charge in [0.1, 0.15) is 0 Å². The number of aryl methyl sites for hydroxylation is 2. The number of anilines is 1. The fourth-order valence-corrected chi connectivity index (χ4v) is 4.39. The number of nitrogens with zero attached hydrogens (tertiary/aromatic N) is 2. The lowest BCUT2D eigenvalue weighted by Gasteiger charge is -2.19. The summed E-state index contributed by atoms with van der Waals surface area (Å²) >= 11 is 0. The van der Waals surface area contributed by atoms with Crippen molar-refractivity contribution in [1.82, 2.24) is 9.97 Å². The van der Waals surface area contributed by atoms with E-state index in [2.05, 4.69) is 21.4 Å². The van der Waals surface area contributed by atoms with Gasteiger partial charge in [-0.25, -0.2) is 13.4 Å². The highest BCUT2D eigenvalue weighted by atomic mass is 32.2. The lowest BCUT2D eigenvalue weighted by atomic mass is 9.94. The van der Waals surface area contributed by atoms with E-state index in [9.17, 15) is 8.42 Å². The molecule has 2 aromatic rings. The number of rotatable bonds is 1. The molecule has 3 heterocycles. The molecule has 0 saturated carbocycles. The van der Waals surface area contributed by atoms with Crippen LogP contribution in [0.1, 0.15) is 24.1 Å². The summed E-state index contributed by atoms with van der Waals surface area (Å²) in [6.07, 6.45) is 8.04. The Kier molecular flexibility index (Phi) is 3.14. The van der Waals surface area contributed by atoms with E-state index in [1.54, 1.807) is 6.20 Å². The van der Waals surface area contributed by atoms with Crippen LogP contribution in [0.5, 0.6) is 0 Å². The maximum atomic E-state index is 12.0. The van der Waals surface area contributed by atoms with Gasteiger partial charge in [0.05, 0.1) is 11.4 Å². The first kappa shape index (κ1) is 13.7. The summed E-state index contributed by atoms with van der Waals surface area (Å²) in [5.74, 6) is 0.104. The SMILES string of the molecule is O=S1(=O)CCNc2cc(-c3cnc4c(c3)CCCC4)cnc21. The monoisotopic (exact) mass is 315 g/mol. The van der Waals surface area contributed by atoms with Crippen LogP contribution >= 0.6 is 0 Å². The van der Waals surface area contributed by atoms with Crippen LogP contribution in [-0.2, 0) is 22.7 Å². The maximum Gasteiger partial charge on any atom is 0.199 e. The molecule has 22 heavy (non-hydrogen) atoms. The highest BCUT2D eigenvalue weighted by Gasteiger charge is 2.25. The van der Waals surface area contributed by atoms with Gasteiger partial charge in [-0.15, -0.1) is 0 Å². The lowest BCUT2D eigenvalue weighted by molar-refractivity contribution is 0.591.